The number of halogens is 1. The molecule has 1 unspecified atom stereocenters. The first-order valence-corrected chi connectivity index (χ1v) is 5.94. The molecule has 0 heterocycles. The fourth-order valence-electron chi connectivity index (χ4n) is 1.65. The lowest BCUT2D eigenvalue weighted by Crippen LogP contribution is -2.42. The first-order chi connectivity index (χ1) is 8.86. The maximum atomic E-state index is 13.7. The number of hydrogen-bond acceptors (Lipinski definition) is 3. The van der Waals surface area contributed by atoms with Crippen molar-refractivity contribution in [3.63, 3.8) is 0 Å². The number of hydrogen-bond donors (Lipinski definition) is 2. The van der Waals surface area contributed by atoms with Gasteiger partial charge in [-0.2, -0.15) is 0 Å². The summed E-state index contributed by atoms with van der Waals surface area (Å²) in [4.78, 5) is 24.1. The quantitative estimate of drug-likeness (QED) is 0.797. The highest BCUT2D eigenvalue weighted by atomic mass is 19.1. The van der Waals surface area contributed by atoms with E-state index >= 15 is 0 Å². The molecule has 0 saturated heterocycles. The zero-order valence-electron chi connectivity index (χ0n) is 10.9. The highest BCUT2D eigenvalue weighted by Crippen LogP contribution is 2.16. The number of rotatable bonds is 5. The molecule has 1 aromatic rings. The van der Waals surface area contributed by atoms with Crippen LogP contribution in [0.2, 0.25) is 0 Å². The van der Waals surface area contributed by atoms with Gasteiger partial charge in [0.25, 0.3) is 5.91 Å². The van der Waals surface area contributed by atoms with Crippen LogP contribution in [0.15, 0.2) is 18.2 Å². The summed E-state index contributed by atoms with van der Waals surface area (Å²) in [6.45, 7) is 3.08. The van der Waals surface area contributed by atoms with Crippen molar-refractivity contribution in [1.29, 1.82) is 0 Å². The van der Waals surface area contributed by atoms with Crippen LogP contribution in [0.3, 0.4) is 0 Å². The second-order valence-electron chi connectivity index (χ2n) is 4.32. The molecule has 0 aromatic heterocycles. The Balaban J connectivity index is 3.08. The summed E-state index contributed by atoms with van der Waals surface area (Å²) in [6, 6.07) is 3.43. The topological polar surface area (TPSA) is 83.6 Å². The van der Waals surface area contributed by atoms with Gasteiger partial charge in [0.2, 0.25) is 0 Å². The molecule has 1 aromatic carbocycles. The normalized spacial score (nSPS) is 11.9. The molecule has 5 nitrogen and oxygen atoms in total. The van der Waals surface area contributed by atoms with E-state index in [0.717, 1.165) is 11.0 Å². The SMILES string of the molecule is CCC(C)N(CC(=O)O)C(=O)c1ccc(N)cc1F. The van der Waals surface area contributed by atoms with Gasteiger partial charge in [-0.15, -0.1) is 0 Å². The number of nitrogens with two attached hydrogens (primary N) is 1. The smallest absolute Gasteiger partial charge is 0.323 e. The third-order valence-corrected chi connectivity index (χ3v) is 2.91. The van der Waals surface area contributed by atoms with E-state index in [1.807, 2.05) is 6.92 Å². The Bertz CT molecular complexity index is 491. The molecule has 0 spiro atoms. The standard InChI is InChI=1S/C13H17FN2O3/c1-3-8(2)16(7-12(17)18)13(19)10-5-4-9(15)6-11(10)14/h4-6,8H,3,7,15H2,1-2H3,(H,17,18). The van der Waals surface area contributed by atoms with Crippen LogP contribution < -0.4 is 5.73 Å². The number of carbonyl (C=O) groups is 2. The minimum absolute atomic E-state index is 0.171. The third-order valence-electron chi connectivity index (χ3n) is 2.91. The van der Waals surface area contributed by atoms with Crippen LogP contribution in [0.4, 0.5) is 10.1 Å². The molecule has 6 heteroatoms. The number of carbonyl (C=O) groups excluding carboxylic acids is 1. The molecule has 0 radical (unpaired) electrons. The molecule has 0 bridgehead atoms. The lowest BCUT2D eigenvalue weighted by Gasteiger charge is -2.27. The van der Waals surface area contributed by atoms with E-state index in [-0.39, 0.29) is 17.3 Å². The molecule has 0 aliphatic heterocycles. The number of nitrogen functional groups attached to an aromatic ring is 1. The molecule has 19 heavy (non-hydrogen) atoms. The molecule has 104 valence electrons. The fourth-order valence-corrected chi connectivity index (χ4v) is 1.65. The summed E-state index contributed by atoms with van der Waals surface area (Å²) in [7, 11) is 0. The van der Waals surface area contributed by atoms with E-state index in [2.05, 4.69) is 0 Å². The van der Waals surface area contributed by atoms with E-state index in [0.29, 0.717) is 6.42 Å². The van der Waals surface area contributed by atoms with Gasteiger partial charge in [-0.3, -0.25) is 9.59 Å². The van der Waals surface area contributed by atoms with Crippen LogP contribution >= 0.6 is 0 Å². The Hall–Kier alpha value is -2.11. The molecular weight excluding hydrogens is 251 g/mol. The van der Waals surface area contributed by atoms with Gasteiger partial charge in [-0.05, 0) is 31.5 Å². The molecule has 3 N–H and O–H groups in total. The van der Waals surface area contributed by atoms with Crippen molar-refractivity contribution in [2.45, 2.75) is 26.3 Å². The van der Waals surface area contributed by atoms with Crippen molar-refractivity contribution in [1.82, 2.24) is 4.90 Å². The molecule has 1 amide bonds. The van der Waals surface area contributed by atoms with Crippen molar-refractivity contribution in [2.24, 2.45) is 0 Å². The number of amides is 1. The van der Waals surface area contributed by atoms with E-state index in [1.165, 1.54) is 12.1 Å². The Morgan fingerprint density at radius 3 is 2.58 bits per heavy atom. The number of aliphatic carboxylic acids is 1. The van der Waals surface area contributed by atoms with Gasteiger partial charge in [0.15, 0.2) is 0 Å². The van der Waals surface area contributed by atoms with Crippen LogP contribution in [0.25, 0.3) is 0 Å². The van der Waals surface area contributed by atoms with Crippen molar-refractivity contribution in [3.05, 3.63) is 29.6 Å². The fraction of sp³-hybridized carbons (Fsp3) is 0.385. The molecular formula is C13H17FN2O3. The highest BCUT2D eigenvalue weighted by molar-refractivity contribution is 5.96. The maximum absolute atomic E-state index is 13.7. The number of carboxylic acids is 1. The lowest BCUT2D eigenvalue weighted by molar-refractivity contribution is -0.138. The molecule has 0 aliphatic carbocycles. The Morgan fingerprint density at radius 1 is 1.47 bits per heavy atom. The van der Waals surface area contributed by atoms with Gasteiger partial charge < -0.3 is 15.7 Å². The predicted molar refractivity (Wildman–Crippen MR) is 69.2 cm³/mol. The van der Waals surface area contributed by atoms with E-state index < -0.39 is 24.2 Å². The van der Waals surface area contributed by atoms with Crippen molar-refractivity contribution in [3.8, 4) is 0 Å². The summed E-state index contributed by atoms with van der Waals surface area (Å²) in [5.74, 6) is -2.53. The van der Waals surface area contributed by atoms with Crippen molar-refractivity contribution >= 4 is 17.6 Å². The van der Waals surface area contributed by atoms with Crippen molar-refractivity contribution < 1.29 is 19.1 Å². The van der Waals surface area contributed by atoms with Gasteiger partial charge in [0.05, 0.1) is 5.56 Å². The second-order valence-corrected chi connectivity index (χ2v) is 4.32. The summed E-state index contributed by atoms with van der Waals surface area (Å²) in [5.41, 5.74) is 5.45. The average Bonchev–Trinajstić information content (AvgIpc) is 2.34. The Kier molecular flexibility index (Phi) is 4.86. The first-order valence-electron chi connectivity index (χ1n) is 5.94. The van der Waals surface area contributed by atoms with Crippen LogP contribution in [0.1, 0.15) is 30.6 Å². The molecule has 0 saturated carbocycles. The molecule has 1 rings (SSSR count). The number of benzene rings is 1. The maximum Gasteiger partial charge on any atom is 0.323 e. The molecule has 0 aliphatic rings. The highest BCUT2D eigenvalue weighted by Gasteiger charge is 2.24. The van der Waals surface area contributed by atoms with Crippen molar-refractivity contribution in [2.75, 3.05) is 12.3 Å². The summed E-state index contributed by atoms with van der Waals surface area (Å²) in [5, 5.41) is 8.83. The van der Waals surface area contributed by atoms with Gasteiger partial charge in [0.1, 0.15) is 12.4 Å². The van der Waals surface area contributed by atoms with Crippen LogP contribution in [-0.2, 0) is 4.79 Å². The summed E-state index contributed by atoms with van der Waals surface area (Å²) in [6.07, 6.45) is 0.579. The minimum Gasteiger partial charge on any atom is -0.480 e. The lowest BCUT2D eigenvalue weighted by atomic mass is 10.1. The van der Waals surface area contributed by atoms with Gasteiger partial charge in [-0.1, -0.05) is 6.92 Å². The van der Waals surface area contributed by atoms with E-state index in [4.69, 9.17) is 10.8 Å². The predicted octanol–water partition coefficient (Wildman–Crippen LogP) is 1.73. The average molecular weight is 268 g/mol. The van der Waals surface area contributed by atoms with E-state index in [9.17, 15) is 14.0 Å². The van der Waals surface area contributed by atoms with Gasteiger partial charge >= 0.3 is 5.97 Å². The number of carboxylic acid groups (broad SMARTS) is 1. The number of nitrogens with zero attached hydrogens (tertiary/aromatic N) is 1. The first kappa shape index (κ1) is 14.9. The second kappa shape index (κ2) is 6.17. The third kappa shape index (κ3) is 3.67. The molecule has 1 atom stereocenters. The van der Waals surface area contributed by atoms with Gasteiger partial charge in [-0.25, -0.2) is 4.39 Å². The van der Waals surface area contributed by atoms with Gasteiger partial charge in [0, 0.05) is 11.7 Å². The number of anilines is 1. The molecule has 0 fully saturated rings. The summed E-state index contributed by atoms with van der Waals surface area (Å²) < 4.78 is 13.7. The summed E-state index contributed by atoms with van der Waals surface area (Å²) >= 11 is 0. The van der Waals surface area contributed by atoms with Crippen LogP contribution in [0, 0.1) is 5.82 Å². The largest absolute Gasteiger partial charge is 0.480 e. The Labute approximate surface area is 110 Å². The van der Waals surface area contributed by atoms with Crippen LogP contribution in [0.5, 0.6) is 0 Å². The zero-order valence-corrected chi connectivity index (χ0v) is 10.9. The Morgan fingerprint density at radius 2 is 2.11 bits per heavy atom. The van der Waals surface area contributed by atoms with Crippen LogP contribution in [-0.4, -0.2) is 34.5 Å². The zero-order chi connectivity index (χ0) is 14.6. The minimum atomic E-state index is -1.13. The monoisotopic (exact) mass is 268 g/mol. The van der Waals surface area contributed by atoms with E-state index in [1.54, 1.807) is 6.92 Å².